The third kappa shape index (κ3) is 11.1. The maximum Gasteiger partial charge on any atom is 0.172 e. The van der Waals surface area contributed by atoms with Crippen LogP contribution in [0.5, 0.6) is 23.0 Å². The molecule has 0 saturated carbocycles. The van der Waals surface area contributed by atoms with Gasteiger partial charge in [0.05, 0.1) is 11.5 Å². The van der Waals surface area contributed by atoms with Gasteiger partial charge in [-0.05, 0) is 48.5 Å². The van der Waals surface area contributed by atoms with E-state index in [1.54, 1.807) is 60.3 Å². The predicted octanol–water partition coefficient (Wildman–Crippen LogP) is 3.08. The first-order valence-corrected chi connectivity index (χ1v) is 13.9. The highest BCUT2D eigenvalue weighted by Gasteiger charge is 2.05. The Labute approximate surface area is 217 Å². The zero-order chi connectivity index (χ0) is 25.3. The van der Waals surface area contributed by atoms with E-state index in [0.29, 0.717) is 34.5 Å². The van der Waals surface area contributed by atoms with Crippen LogP contribution in [0.2, 0.25) is 0 Å². The molecule has 0 spiro atoms. The van der Waals surface area contributed by atoms with Crippen LogP contribution in [-0.4, -0.2) is 57.9 Å². The quantitative estimate of drug-likeness (QED) is 0.495. The summed E-state index contributed by atoms with van der Waals surface area (Å²) in [4.78, 5) is 0. The van der Waals surface area contributed by atoms with Crippen molar-refractivity contribution in [3.05, 3.63) is 48.5 Å². The second kappa shape index (κ2) is 15.2. The molecule has 2 aromatic carbocycles. The van der Waals surface area contributed by atoms with Crippen molar-refractivity contribution in [2.45, 2.75) is 0 Å². The number of hydrogen-bond donors (Lipinski definition) is 0. The van der Waals surface area contributed by atoms with Crippen LogP contribution in [-0.2, 0) is 9.84 Å². The van der Waals surface area contributed by atoms with Crippen LogP contribution >= 0.6 is 11.8 Å². The van der Waals surface area contributed by atoms with E-state index in [1.165, 1.54) is 0 Å². The van der Waals surface area contributed by atoms with Crippen LogP contribution in [0.1, 0.15) is 0 Å². The normalized spacial score (nSPS) is 16.1. The van der Waals surface area contributed by atoms with Gasteiger partial charge in [0, 0.05) is 0 Å². The zero-order valence-electron chi connectivity index (χ0n) is 19.5. The molecule has 0 fully saturated rings. The van der Waals surface area contributed by atoms with Gasteiger partial charge in [0.15, 0.2) is 9.84 Å². The first-order valence-electron chi connectivity index (χ1n) is 10.9. The molecule has 4 bridgehead atoms. The Morgan fingerprint density at radius 3 is 1.14 bits per heavy atom. The van der Waals surface area contributed by atoms with Gasteiger partial charge < -0.3 is 18.9 Å². The van der Waals surface area contributed by atoms with Gasteiger partial charge in [0.25, 0.3) is 0 Å². The number of ether oxygens (including phenoxy) is 4. The Hall–Kier alpha value is -3.82. The summed E-state index contributed by atoms with van der Waals surface area (Å²) in [6, 6.07) is 14.1. The Bertz CT molecular complexity index is 1240. The Morgan fingerprint density at radius 2 is 0.806 bits per heavy atom. The molecule has 6 nitrogen and oxygen atoms in total. The van der Waals surface area contributed by atoms with E-state index in [2.05, 4.69) is 47.4 Å². The number of thioether (sulfide) groups is 1. The molecule has 0 N–H and O–H groups in total. The second-order valence-corrected chi connectivity index (χ2v) is 10.1. The highest BCUT2D eigenvalue weighted by atomic mass is 32.2. The van der Waals surface area contributed by atoms with Crippen LogP contribution in [0.25, 0.3) is 0 Å². The fourth-order valence-electron chi connectivity index (χ4n) is 2.57. The molecule has 0 amide bonds. The summed E-state index contributed by atoms with van der Waals surface area (Å²) in [6.07, 6.45) is 0. The van der Waals surface area contributed by atoms with Crippen molar-refractivity contribution < 1.29 is 27.4 Å². The molecule has 184 valence electrons. The molecule has 4 aliphatic rings. The molecule has 4 aliphatic heterocycles. The maximum absolute atomic E-state index is 12.1. The monoisotopic (exact) mass is 520 g/mol. The first kappa shape index (κ1) is 26.8. The molecule has 0 aromatic heterocycles. The molecule has 0 aliphatic carbocycles. The molecule has 0 saturated heterocycles. The number of sulfone groups is 1. The number of benzene rings is 2. The van der Waals surface area contributed by atoms with E-state index in [9.17, 15) is 8.42 Å². The summed E-state index contributed by atoms with van der Waals surface area (Å²) in [6.45, 7) is 0.724. The van der Waals surface area contributed by atoms with Gasteiger partial charge in [0.2, 0.25) is 0 Å². The number of rotatable bonds is 0. The summed E-state index contributed by atoms with van der Waals surface area (Å²) in [7, 11) is -3.42. The minimum absolute atomic E-state index is 0.0760. The number of hydrogen-bond acceptors (Lipinski definition) is 7. The average molecular weight is 521 g/mol. The first-order chi connectivity index (χ1) is 17.6. The minimum Gasteiger partial charge on any atom is -0.481 e. The highest BCUT2D eigenvalue weighted by molar-refractivity contribution is 7.99. The SMILES string of the molecule is O=S1(=O)CC#CCOc2ccc(cc2)OCC#CCSCC#CCOc2ccc(cc2)OCC#CC1. The highest BCUT2D eigenvalue weighted by Crippen LogP contribution is 2.18. The predicted molar refractivity (Wildman–Crippen MR) is 142 cm³/mol. The third-order valence-electron chi connectivity index (χ3n) is 4.32. The Balaban J connectivity index is 1.58. The summed E-state index contributed by atoms with van der Waals surface area (Å²) >= 11 is 1.63. The van der Waals surface area contributed by atoms with Gasteiger partial charge in [-0.25, -0.2) is 8.42 Å². The lowest BCUT2D eigenvalue weighted by Gasteiger charge is -2.05. The summed E-state index contributed by atoms with van der Waals surface area (Å²) in [5, 5.41) is 0. The average Bonchev–Trinajstić information content (AvgIpc) is 2.88. The van der Waals surface area contributed by atoms with Crippen LogP contribution in [0.3, 0.4) is 0 Å². The zero-order valence-corrected chi connectivity index (χ0v) is 21.2. The van der Waals surface area contributed by atoms with Crippen LogP contribution < -0.4 is 18.9 Å². The molecule has 0 radical (unpaired) electrons. The topological polar surface area (TPSA) is 71.1 Å². The van der Waals surface area contributed by atoms with Crippen LogP contribution in [0.15, 0.2) is 48.5 Å². The van der Waals surface area contributed by atoms with Crippen molar-refractivity contribution in [2.24, 2.45) is 0 Å². The molecular formula is C28H24O6S2. The van der Waals surface area contributed by atoms with Crippen molar-refractivity contribution in [2.75, 3.05) is 49.4 Å². The molecule has 36 heavy (non-hydrogen) atoms. The lowest BCUT2D eigenvalue weighted by atomic mass is 10.3. The Morgan fingerprint density at radius 1 is 0.500 bits per heavy atom. The molecular weight excluding hydrogens is 496 g/mol. The standard InChI is InChI=1S/C28H24O6S2/c29-36(30)23-7-3-19-33-27-13-9-25(10-14-27)31-17-1-5-21-35-22-6-2-18-32-26-11-15-28(16-12-26)34-20-4-8-24-36/h9-16H,17-24H2. The maximum atomic E-state index is 12.1. The Kier molecular flexibility index (Phi) is 11.3. The molecule has 0 unspecified atom stereocenters. The lowest BCUT2D eigenvalue weighted by Crippen LogP contribution is -2.08. The van der Waals surface area contributed by atoms with Gasteiger partial charge >= 0.3 is 0 Å². The second-order valence-electron chi connectivity index (χ2n) is 7.04. The summed E-state index contributed by atoms with van der Waals surface area (Å²) in [5.74, 6) is 26.0. The van der Waals surface area contributed by atoms with E-state index >= 15 is 0 Å². The molecule has 4 heterocycles. The summed E-state index contributed by atoms with van der Waals surface area (Å²) < 4.78 is 46.4. The van der Waals surface area contributed by atoms with Gasteiger partial charge in [-0.3, -0.25) is 0 Å². The van der Waals surface area contributed by atoms with Gasteiger partial charge in [0.1, 0.15) is 60.9 Å². The van der Waals surface area contributed by atoms with Crippen LogP contribution in [0, 0.1) is 47.4 Å². The van der Waals surface area contributed by atoms with E-state index in [0.717, 1.165) is 0 Å². The van der Waals surface area contributed by atoms with Gasteiger partial charge in [-0.2, -0.15) is 0 Å². The van der Waals surface area contributed by atoms with Crippen molar-refractivity contribution in [1.82, 2.24) is 0 Å². The van der Waals surface area contributed by atoms with Crippen molar-refractivity contribution in [1.29, 1.82) is 0 Å². The van der Waals surface area contributed by atoms with Gasteiger partial charge in [-0.1, -0.05) is 47.4 Å². The van der Waals surface area contributed by atoms with Crippen LogP contribution in [0.4, 0.5) is 0 Å². The van der Waals surface area contributed by atoms with Gasteiger partial charge in [-0.15, -0.1) is 11.8 Å². The van der Waals surface area contributed by atoms with E-state index in [4.69, 9.17) is 18.9 Å². The van der Waals surface area contributed by atoms with Crippen molar-refractivity contribution in [3.8, 4) is 70.4 Å². The third-order valence-corrected chi connectivity index (χ3v) is 6.19. The van der Waals surface area contributed by atoms with Crippen molar-refractivity contribution in [3.63, 3.8) is 0 Å². The minimum atomic E-state index is -3.42. The molecule has 6 rings (SSSR count). The largest absolute Gasteiger partial charge is 0.481 e. The van der Waals surface area contributed by atoms with Crippen molar-refractivity contribution >= 4 is 21.6 Å². The van der Waals surface area contributed by atoms with E-state index in [-0.39, 0.29) is 37.9 Å². The van der Waals surface area contributed by atoms with E-state index in [1.807, 2.05) is 0 Å². The summed E-state index contributed by atoms with van der Waals surface area (Å²) in [5.41, 5.74) is 0. The fraction of sp³-hybridized carbons (Fsp3) is 0.286. The lowest BCUT2D eigenvalue weighted by molar-refractivity contribution is 0.359. The fourth-order valence-corrected chi connectivity index (χ4v) is 3.83. The van der Waals surface area contributed by atoms with E-state index < -0.39 is 9.84 Å². The smallest absolute Gasteiger partial charge is 0.172 e. The molecule has 8 heteroatoms. The molecule has 0 atom stereocenters. The molecule has 2 aromatic rings.